The van der Waals surface area contributed by atoms with Crippen LogP contribution in [0.1, 0.15) is 82.8 Å². The molecule has 66 heavy (non-hydrogen) atoms. The molecule has 2 aromatic carbocycles. The van der Waals surface area contributed by atoms with Gasteiger partial charge in [-0.15, -0.1) is 0 Å². The summed E-state index contributed by atoms with van der Waals surface area (Å²) >= 11 is 0. The summed E-state index contributed by atoms with van der Waals surface area (Å²) in [7, 11) is 0. The maximum atomic E-state index is 14.2. The van der Waals surface area contributed by atoms with E-state index in [-0.39, 0.29) is 56.9 Å². The van der Waals surface area contributed by atoms with E-state index in [0.717, 1.165) is 6.42 Å². The van der Waals surface area contributed by atoms with Crippen LogP contribution in [0.4, 0.5) is 0 Å². The molecular formula is C45H68N12O9. The van der Waals surface area contributed by atoms with Crippen molar-refractivity contribution in [1.29, 1.82) is 0 Å². The van der Waals surface area contributed by atoms with E-state index in [9.17, 15) is 43.5 Å². The smallest absolute Gasteiger partial charge is 0.305 e. The number of carboxylic acids is 1. The number of amides is 7. The molecule has 3 rings (SSSR count). The van der Waals surface area contributed by atoms with E-state index in [1.807, 2.05) is 0 Å². The minimum atomic E-state index is -1.68. The summed E-state index contributed by atoms with van der Waals surface area (Å²) in [6.45, 7) is 4.68. The van der Waals surface area contributed by atoms with Gasteiger partial charge in [-0.25, -0.2) is 0 Å². The number of nitrogens with one attached hydrogen (secondary N) is 7. The van der Waals surface area contributed by atoms with Crippen LogP contribution in [0.25, 0.3) is 0 Å². The zero-order valence-electron chi connectivity index (χ0n) is 37.8. The molecule has 0 bridgehead atoms. The molecular weight excluding hydrogens is 853 g/mol. The fourth-order valence-electron chi connectivity index (χ4n) is 7.30. The molecule has 1 saturated heterocycles. The van der Waals surface area contributed by atoms with Gasteiger partial charge < -0.3 is 65.3 Å². The van der Waals surface area contributed by atoms with Gasteiger partial charge in [0.25, 0.3) is 0 Å². The van der Waals surface area contributed by atoms with Crippen LogP contribution in [0.3, 0.4) is 0 Å². The molecule has 7 atom stereocenters. The number of carboxylic acid groups (broad SMARTS) is 1. The summed E-state index contributed by atoms with van der Waals surface area (Å²) in [5.41, 5.74) is 23.5. The number of aliphatic carboxylic acids is 1. The van der Waals surface area contributed by atoms with Gasteiger partial charge in [-0.2, -0.15) is 0 Å². The second kappa shape index (κ2) is 28.3. The summed E-state index contributed by atoms with van der Waals surface area (Å²) in [4.78, 5) is 112. The molecule has 7 amide bonds. The van der Waals surface area contributed by atoms with E-state index in [1.165, 1.54) is 0 Å². The summed E-state index contributed by atoms with van der Waals surface area (Å²) < 4.78 is 0. The van der Waals surface area contributed by atoms with E-state index in [4.69, 9.17) is 22.9 Å². The Morgan fingerprint density at radius 2 is 1.14 bits per heavy atom. The third kappa shape index (κ3) is 19.6. The van der Waals surface area contributed by atoms with Gasteiger partial charge in [0, 0.05) is 19.4 Å². The van der Waals surface area contributed by atoms with Gasteiger partial charge in [0.1, 0.15) is 36.3 Å². The summed E-state index contributed by atoms with van der Waals surface area (Å²) in [5, 5.41) is 28.8. The summed E-state index contributed by atoms with van der Waals surface area (Å²) in [5.74, 6) is -7.13. The van der Waals surface area contributed by atoms with Crippen LogP contribution >= 0.6 is 0 Å². The van der Waals surface area contributed by atoms with Gasteiger partial charge in [0.15, 0.2) is 5.96 Å². The molecule has 0 unspecified atom stereocenters. The predicted molar refractivity (Wildman–Crippen MR) is 247 cm³/mol. The van der Waals surface area contributed by atoms with Crippen molar-refractivity contribution < 1.29 is 43.5 Å². The van der Waals surface area contributed by atoms with Crippen molar-refractivity contribution in [3.05, 3.63) is 71.8 Å². The number of hydrogen-bond donors (Lipinski definition) is 12. The van der Waals surface area contributed by atoms with Gasteiger partial charge in [-0.3, -0.25) is 43.3 Å². The fraction of sp³-hybridized carbons (Fsp3) is 0.533. The number of carbonyl (C=O) groups is 8. The van der Waals surface area contributed by atoms with Crippen LogP contribution in [-0.4, -0.2) is 120 Å². The molecule has 21 nitrogen and oxygen atoms in total. The first-order valence-electron chi connectivity index (χ1n) is 22.4. The molecule has 2 aromatic rings. The van der Waals surface area contributed by atoms with Crippen molar-refractivity contribution in [3.63, 3.8) is 0 Å². The average molecular weight is 921 g/mol. The number of primary amides is 1. The Balaban J connectivity index is 1.89. The van der Waals surface area contributed by atoms with E-state index < -0.39 is 96.0 Å². The molecule has 0 radical (unpaired) electrons. The van der Waals surface area contributed by atoms with Crippen molar-refractivity contribution in [2.24, 2.45) is 33.8 Å². The molecule has 1 fully saturated rings. The van der Waals surface area contributed by atoms with Gasteiger partial charge in [-0.05, 0) is 81.5 Å². The number of nitrogens with two attached hydrogens (primary N) is 4. The molecule has 0 aromatic heterocycles. The van der Waals surface area contributed by atoms with Crippen molar-refractivity contribution in [2.75, 3.05) is 19.6 Å². The predicted octanol–water partition coefficient (Wildman–Crippen LogP) is -1.68. The first kappa shape index (κ1) is 53.7. The first-order valence-corrected chi connectivity index (χ1v) is 22.4. The first-order chi connectivity index (χ1) is 31.5. The zero-order chi connectivity index (χ0) is 48.6. The minimum absolute atomic E-state index is 0.0186. The highest BCUT2D eigenvalue weighted by atomic mass is 16.4. The van der Waals surface area contributed by atoms with Gasteiger partial charge >= 0.3 is 5.97 Å². The third-order valence-electron chi connectivity index (χ3n) is 10.7. The largest absolute Gasteiger partial charge is 0.481 e. The Kier molecular flexibility index (Phi) is 23.1. The molecule has 1 aliphatic heterocycles. The Morgan fingerprint density at radius 3 is 1.65 bits per heavy atom. The van der Waals surface area contributed by atoms with Crippen LogP contribution in [0.15, 0.2) is 65.7 Å². The fourth-order valence-corrected chi connectivity index (χ4v) is 7.30. The van der Waals surface area contributed by atoms with E-state index in [0.29, 0.717) is 43.5 Å². The molecule has 1 aliphatic rings. The average Bonchev–Trinajstić information content (AvgIpc) is 3.82. The van der Waals surface area contributed by atoms with Crippen molar-refractivity contribution >= 4 is 53.3 Å². The van der Waals surface area contributed by atoms with Gasteiger partial charge in [0.2, 0.25) is 41.4 Å². The molecule has 0 spiro atoms. The number of benzene rings is 2. The molecule has 0 aliphatic carbocycles. The SMILES string of the molecule is CC(C)C[C@H](NC(=O)[C@H](CC(=O)O)NC(=O)[C@H](Cc1ccccc1)NC(=O)[C@@H]1CCCN1)C(=O)N[C@@H](Cc1ccccc1)C(=O)N[C@@H](CCCN=C(N)N)C(=O)N[C@@H](CCCCN)C(N)=O. The minimum Gasteiger partial charge on any atom is -0.481 e. The summed E-state index contributed by atoms with van der Waals surface area (Å²) in [6, 6.07) is 9.18. The van der Waals surface area contributed by atoms with Crippen LogP contribution in [0.2, 0.25) is 0 Å². The second-order valence-electron chi connectivity index (χ2n) is 16.8. The van der Waals surface area contributed by atoms with E-state index >= 15 is 0 Å². The highest BCUT2D eigenvalue weighted by molar-refractivity contribution is 5.98. The van der Waals surface area contributed by atoms with Crippen molar-refractivity contribution in [2.45, 2.75) is 127 Å². The maximum Gasteiger partial charge on any atom is 0.305 e. The van der Waals surface area contributed by atoms with Crippen LogP contribution in [0.5, 0.6) is 0 Å². The number of nitrogens with zero attached hydrogens (tertiary/aromatic N) is 1. The lowest BCUT2D eigenvalue weighted by molar-refractivity contribution is -0.141. The monoisotopic (exact) mass is 921 g/mol. The lowest BCUT2D eigenvalue weighted by Gasteiger charge is -2.28. The number of hydrogen-bond acceptors (Lipinski definition) is 11. The second-order valence-corrected chi connectivity index (χ2v) is 16.8. The normalized spacial score (nSPS) is 16.0. The number of unbranched alkanes of at least 4 members (excludes halogenated alkanes) is 1. The molecule has 21 heteroatoms. The van der Waals surface area contributed by atoms with E-state index in [2.05, 4.69) is 42.2 Å². The Hall–Kier alpha value is -6.61. The molecule has 362 valence electrons. The van der Waals surface area contributed by atoms with Gasteiger partial charge in [0.05, 0.1) is 12.5 Å². The zero-order valence-corrected chi connectivity index (χ0v) is 37.8. The number of carbonyl (C=O) groups excluding carboxylic acids is 7. The quantitative estimate of drug-likeness (QED) is 0.0247. The Bertz CT molecular complexity index is 1940. The van der Waals surface area contributed by atoms with Crippen molar-refractivity contribution in [1.82, 2.24) is 37.2 Å². The number of rotatable bonds is 29. The lowest BCUT2D eigenvalue weighted by atomic mass is 10.00. The van der Waals surface area contributed by atoms with Gasteiger partial charge in [-0.1, -0.05) is 74.5 Å². The number of guanidine groups is 1. The molecule has 0 saturated carbocycles. The number of aliphatic imine (C=N–C) groups is 1. The third-order valence-corrected chi connectivity index (χ3v) is 10.7. The highest BCUT2D eigenvalue weighted by Crippen LogP contribution is 2.12. The van der Waals surface area contributed by atoms with Crippen LogP contribution in [0, 0.1) is 5.92 Å². The molecule has 16 N–H and O–H groups in total. The Labute approximate surface area is 385 Å². The van der Waals surface area contributed by atoms with Crippen LogP contribution in [-0.2, 0) is 51.2 Å². The highest BCUT2D eigenvalue weighted by Gasteiger charge is 2.35. The topological polar surface area (TPSA) is 357 Å². The summed E-state index contributed by atoms with van der Waals surface area (Å²) in [6.07, 6.45) is 2.02. The molecule has 1 heterocycles. The lowest BCUT2D eigenvalue weighted by Crippen LogP contribution is -2.60. The van der Waals surface area contributed by atoms with E-state index in [1.54, 1.807) is 74.5 Å². The van der Waals surface area contributed by atoms with Crippen molar-refractivity contribution in [3.8, 4) is 0 Å². The van der Waals surface area contributed by atoms with Crippen LogP contribution < -0.4 is 60.2 Å². The maximum absolute atomic E-state index is 14.2. The standard InChI is InChI=1S/C45H68N12O9/c1-27(2)23-33(54-44(66)36(26-37(58)59)57-43(65)35(25-29-15-7-4-8-16-29)55-39(61)31-18-11-21-50-31)41(63)56-34(24-28-13-5-3-6-14-28)42(64)53-32(19-12-22-51-45(48)49)40(62)52-30(38(47)60)17-9-10-20-46/h3-8,13-16,27,30-36,50H,9-12,17-26,46H2,1-2H3,(H2,47,60)(H,52,62)(H,53,64)(H,54,66)(H,55,61)(H,56,63)(H,57,65)(H,58,59)(H4,48,49,51)/t30-,31-,32-,33-,34-,35-,36-/m0/s1. The Morgan fingerprint density at radius 1 is 0.652 bits per heavy atom.